The molecule has 2 aromatic heterocycles. The van der Waals surface area contributed by atoms with Crippen LogP contribution in [0.4, 0.5) is 4.39 Å². The van der Waals surface area contributed by atoms with Crippen molar-refractivity contribution in [2.45, 2.75) is 0 Å². The van der Waals surface area contributed by atoms with Crippen molar-refractivity contribution in [2.24, 2.45) is 0 Å². The van der Waals surface area contributed by atoms with Crippen LogP contribution >= 0.6 is 22.9 Å². The second-order valence-electron chi connectivity index (χ2n) is 4.26. The van der Waals surface area contributed by atoms with Crippen LogP contribution in [0.25, 0.3) is 10.9 Å². The molecule has 0 spiro atoms. The summed E-state index contributed by atoms with van der Waals surface area (Å²) in [5.74, 6) is -1.73. The minimum absolute atomic E-state index is 0.116. The van der Waals surface area contributed by atoms with Gasteiger partial charge in [0.2, 0.25) is 18.1 Å². The molecule has 0 bridgehead atoms. The number of hydrogen-bond donors (Lipinski definition) is 1. The molecule has 1 aromatic carbocycles. The quantitative estimate of drug-likeness (QED) is 0.593. The van der Waals surface area contributed by atoms with Gasteiger partial charge in [0, 0.05) is 5.39 Å². The summed E-state index contributed by atoms with van der Waals surface area (Å²) >= 11 is 6.88. The van der Waals surface area contributed by atoms with E-state index >= 15 is 0 Å². The third-order valence-corrected chi connectivity index (χ3v) is 4.25. The Labute approximate surface area is 127 Å². The van der Waals surface area contributed by atoms with Gasteiger partial charge in [-0.25, -0.2) is 4.39 Å². The molecule has 0 amide bonds. The molecular weight excluding hydrogens is 317 g/mol. The number of rotatable bonds is 3. The molecule has 0 aliphatic heterocycles. The van der Waals surface area contributed by atoms with Crippen molar-refractivity contribution >= 4 is 46.0 Å². The molecule has 0 unspecified atom stereocenters. The SMILES string of the molecule is O=Cn1c(O)c(C(=O)c2cccs2)c2cc(F)c(Cl)cc21. The Hall–Kier alpha value is -2.18. The highest BCUT2D eigenvalue weighted by Gasteiger charge is 2.25. The molecule has 0 aliphatic carbocycles. The maximum Gasteiger partial charge on any atom is 0.221 e. The Balaban J connectivity index is 2.37. The van der Waals surface area contributed by atoms with Crippen molar-refractivity contribution in [3.63, 3.8) is 0 Å². The Morgan fingerprint density at radius 2 is 2.19 bits per heavy atom. The van der Waals surface area contributed by atoms with Gasteiger partial charge in [0.15, 0.2) is 0 Å². The van der Waals surface area contributed by atoms with Crippen LogP contribution in [-0.2, 0) is 4.79 Å². The van der Waals surface area contributed by atoms with Gasteiger partial charge in [0.05, 0.1) is 21.0 Å². The van der Waals surface area contributed by atoms with Crippen LogP contribution in [0.1, 0.15) is 15.2 Å². The van der Waals surface area contributed by atoms with E-state index in [-0.39, 0.29) is 21.5 Å². The van der Waals surface area contributed by atoms with Gasteiger partial charge < -0.3 is 5.11 Å². The first-order valence-corrected chi connectivity index (χ1v) is 7.05. The largest absolute Gasteiger partial charge is 0.494 e. The molecule has 106 valence electrons. The molecule has 21 heavy (non-hydrogen) atoms. The van der Waals surface area contributed by atoms with Crippen molar-refractivity contribution in [1.82, 2.24) is 4.57 Å². The first-order chi connectivity index (χ1) is 10.0. The molecule has 0 saturated heterocycles. The average molecular weight is 324 g/mol. The van der Waals surface area contributed by atoms with Crippen molar-refractivity contribution in [3.8, 4) is 5.88 Å². The zero-order valence-electron chi connectivity index (χ0n) is 10.3. The molecular formula is C14H7ClFNO3S. The molecule has 0 aliphatic rings. The molecule has 7 heteroatoms. The third kappa shape index (κ3) is 2.03. The number of thiophene rings is 1. The van der Waals surface area contributed by atoms with Crippen LogP contribution in [0.5, 0.6) is 5.88 Å². The lowest BCUT2D eigenvalue weighted by atomic mass is 10.1. The zero-order valence-corrected chi connectivity index (χ0v) is 11.9. The van der Waals surface area contributed by atoms with Crippen LogP contribution < -0.4 is 0 Å². The van der Waals surface area contributed by atoms with Crippen LogP contribution in [0.2, 0.25) is 5.02 Å². The van der Waals surface area contributed by atoms with E-state index in [4.69, 9.17) is 11.6 Å². The van der Waals surface area contributed by atoms with Crippen molar-refractivity contribution in [3.05, 3.63) is 50.9 Å². The van der Waals surface area contributed by atoms with E-state index in [0.717, 1.165) is 10.6 Å². The highest BCUT2D eigenvalue weighted by Crippen LogP contribution is 2.35. The van der Waals surface area contributed by atoms with E-state index in [2.05, 4.69) is 0 Å². The van der Waals surface area contributed by atoms with Gasteiger partial charge in [-0.15, -0.1) is 11.3 Å². The zero-order chi connectivity index (χ0) is 15.1. The van der Waals surface area contributed by atoms with Gasteiger partial charge in [0.25, 0.3) is 0 Å². The molecule has 0 saturated carbocycles. The number of ketones is 1. The maximum absolute atomic E-state index is 13.7. The van der Waals surface area contributed by atoms with Crippen LogP contribution in [0.15, 0.2) is 29.6 Å². The molecule has 0 fully saturated rings. The van der Waals surface area contributed by atoms with Gasteiger partial charge in [-0.1, -0.05) is 17.7 Å². The summed E-state index contributed by atoms with van der Waals surface area (Å²) in [4.78, 5) is 23.9. The number of carbonyl (C=O) groups is 2. The highest BCUT2D eigenvalue weighted by molar-refractivity contribution is 7.12. The fraction of sp³-hybridized carbons (Fsp3) is 0. The summed E-state index contributed by atoms with van der Waals surface area (Å²) < 4.78 is 14.5. The number of benzene rings is 1. The standard InChI is InChI=1S/C14H7ClFNO3S/c15-8-5-10-7(4-9(8)16)12(14(20)17(10)6-18)13(19)11-2-1-3-21-11/h1-6,20H. The third-order valence-electron chi connectivity index (χ3n) is 3.10. The number of aromatic hydroxyl groups is 1. The maximum atomic E-state index is 13.7. The van der Waals surface area contributed by atoms with Gasteiger partial charge in [-0.05, 0) is 23.6 Å². The fourth-order valence-corrected chi connectivity index (χ4v) is 2.98. The normalized spacial score (nSPS) is 11.0. The number of hydrogen-bond acceptors (Lipinski definition) is 4. The van der Waals surface area contributed by atoms with Gasteiger partial charge in [0.1, 0.15) is 5.82 Å². The lowest BCUT2D eigenvalue weighted by molar-refractivity contribution is 0.104. The van der Waals surface area contributed by atoms with E-state index in [1.54, 1.807) is 17.5 Å². The number of carbonyl (C=O) groups excluding carboxylic acids is 2. The van der Waals surface area contributed by atoms with E-state index in [1.807, 2.05) is 0 Å². The Morgan fingerprint density at radius 3 is 2.81 bits per heavy atom. The topological polar surface area (TPSA) is 59.3 Å². The van der Waals surface area contributed by atoms with Crippen LogP contribution in [-0.4, -0.2) is 21.9 Å². The molecule has 3 rings (SSSR count). The van der Waals surface area contributed by atoms with E-state index in [0.29, 0.717) is 11.3 Å². The number of halogens is 2. The second-order valence-corrected chi connectivity index (χ2v) is 5.62. The van der Waals surface area contributed by atoms with Gasteiger partial charge in [-0.2, -0.15) is 0 Å². The van der Waals surface area contributed by atoms with Crippen molar-refractivity contribution < 1.29 is 19.1 Å². The number of nitrogens with zero attached hydrogens (tertiary/aromatic N) is 1. The first-order valence-electron chi connectivity index (χ1n) is 5.80. The van der Waals surface area contributed by atoms with Gasteiger partial charge >= 0.3 is 0 Å². The van der Waals surface area contributed by atoms with E-state index in [1.165, 1.54) is 17.4 Å². The summed E-state index contributed by atoms with van der Waals surface area (Å²) in [6.07, 6.45) is 0.344. The Bertz CT molecular complexity index is 870. The summed E-state index contributed by atoms with van der Waals surface area (Å²) in [6, 6.07) is 5.51. The minimum Gasteiger partial charge on any atom is -0.494 e. The summed E-state index contributed by atoms with van der Waals surface area (Å²) in [7, 11) is 0. The number of fused-ring (bicyclic) bond motifs is 1. The smallest absolute Gasteiger partial charge is 0.221 e. The van der Waals surface area contributed by atoms with Crippen molar-refractivity contribution in [1.29, 1.82) is 0 Å². The summed E-state index contributed by atoms with van der Waals surface area (Å²) in [6.45, 7) is 0. The van der Waals surface area contributed by atoms with Gasteiger partial charge in [-0.3, -0.25) is 14.2 Å². The second kappa shape index (κ2) is 4.98. The summed E-state index contributed by atoms with van der Waals surface area (Å²) in [5, 5.41) is 11.8. The monoisotopic (exact) mass is 323 g/mol. The average Bonchev–Trinajstić information content (AvgIpc) is 3.05. The molecule has 2 heterocycles. The Kier molecular flexibility index (Phi) is 3.27. The predicted octanol–water partition coefficient (Wildman–Crippen LogP) is 3.47. The molecule has 0 atom stereocenters. The molecule has 3 aromatic rings. The lowest BCUT2D eigenvalue weighted by Crippen LogP contribution is -1.99. The lowest BCUT2D eigenvalue weighted by Gasteiger charge is -1.98. The van der Waals surface area contributed by atoms with Crippen LogP contribution in [0, 0.1) is 5.82 Å². The molecule has 0 radical (unpaired) electrons. The van der Waals surface area contributed by atoms with Crippen LogP contribution in [0.3, 0.4) is 0 Å². The van der Waals surface area contributed by atoms with Crippen molar-refractivity contribution in [2.75, 3.05) is 0 Å². The predicted molar refractivity (Wildman–Crippen MR) is 78.5 cm³/mol. The fourth-order valence-electron chi connectivity index (χ4n) is 2.15. The number of aromatic nitrogens is 1. The van der Waals surface area contributed by atoms with E-state index in [9.17, 15) is 19.1 Å². The summed E-state index contributed by atoms with van der Waals surface area (Å²) in [5.41, 5.74) is 0.0592. The first kappa shape index (κ1) is 13.8. The highest BCUT2D eigenvalue weighted by atomic mass is 35.5. The minimum atomic E-state index is -0.729. The molecule has 4 nitrogen and oxygen atoms in total. The van der Waals surface area contributed by atoms with E-state index < -0.39 is 17.5 Å². The molecule has 1 N–H and O–H groups in total. The Morgan fingerprint density at radius 1 is 1.43 bits per heavy atom.